The van der Waals surface area contributed by atoms with Gasteiger partial charge in [-0.05, 0) is 78.8 Å². The van der Waals surface area contributed by atoms with E-state index < -0.39 is 0 Å². The highest BCUT2D eigenvalue weighted by atomic mass is 15.3. The van der Waals surface area contributed by atoms with Crippen LogP contribution in [0.3, 0.4) is 0 Å². The highest BCUT2D eigenvalue weighted by Crippen LogP contribution is 2.23. The number of piperazine rings is 1. The molecular weight excluding hydrogens is 420 g/mol. The van der Waals surface area contributed by atoms with Gasteiger partial charge in [-0.25, -0.2) is 0 Å². The second-order valence-electron chi connectivity index (χ2n) is 10.2. The second-order valence-corrected chi connectivity index (χ2v) is 10.2. The Balaban J connectivity index is 2.07. The van der Waals surface area contributed by atoms with Crippen molar-refractivity contribution in [2.45, 2.75) is 60.0 Å². The third-order valence-electron chi connectivity index (χ3n) is 7.04. The monoisotopic (exact) mass is 458 g/mol. The number of hydrogen-bond acceptors (Lipinski definition) is 6. The lowest BCUT2D eigenvalue weighted by molar-refractivity contribution is 0.0611. The molecule has 180 valence electrons. The van der Waals surface area contributed by atoms with Crippen LogP contribution in [0.2, 0.25) is 0 Å². The molecule has 34 heavy (non-hydrogen) atoms. The van der Waals surface area contributed by atoms with E-state index in [1.54, 1.807) is 0 Å². The quantitative estimate of drug-likeness (QED) is 0.738. The minimum atomic E-state index is -0.0432. The molecule has 0 bridgehead atoms. The Morgan fingerprint density at radius 1 is 1.24 bits per heavy atom. The molecule has 0 aliphatic carbocycles. The van der Waals surface area contributed by atoms with Crippen molar-refractivity contribution in [1.82, 2.24) is 20.0 Å². The number of nitrogens with zero attached hydrogens (tertiary/aromatic N) is 5. The molecule has 1 N–H and O–H groups in total. The lowest BCUT2D eigenvalue weighted by atomic mass is 9.98. The largest absolute Gasteiger partial charge is 0.369 e. The normalized spacial score (nSPS) is 17.3. The van der Waals surface area contributed by atoms with Crippen molar-refractivity contribution in [2.24, 2.45) is 0 Å². The number of rotatable bonds is 5. The summed E-state index contributed by atoms with van der Waals surface area (Å²) in [5.74, 6) is 0.727. The van der Waals surface area contributed by atoms with Crippen molar-refractivity contribution < 1.29 is 0 Å². The third-order valence-corrected chi connectivity index (χ3v) is 7.04. The Kier molecular flexibility index (Phi) is 7.48. The molecular formula is C28H38N6. The Labute approximate surface area is 204 Å². The van der Waals surface area contributed by atoms with E-state index in [0.717, 1.165) is 58.4 Å². The number of aryl methyl sites for hydroxylation is 1. The number of likely N-dealkylation sites (N-methyl/N-ethyl adjacent to an activating group) is 1. The number of nitriles is 1. The molecule has 0 spiro atoms. The van der Waals surface area contributed by atoms with Crippen LogP contribution in [0.25, 0.3) is 11.6 Å². The van der Waals surface area contributed by atoms with E-state index >= 15 is 0 Å². The van der Waals surface area contributed by atoms with Crippen LogP contribution in [0.4, 0.5) is 5.82 Å². The van der Waals surface area contributed by atoms with Gasteiger partial charge in [0, 0.05) is 41.3 Å². The van der Waals surface area contributed by atoms with Crippen LogP contribution in [0.15, 0.2) is 30.5 Å². The minimum absolute atomic E-state index is 0.0432. The molecule has 0 radical (unpaired) electrons. The highest BCUT2D eigenvalue weighted by Gasteiger charge is 2.31. The first-order valence-electron chi connectivity index (χ1n) is 11.9. The molecule has 1 fully saturated rings. The van der Waals surface area contributed by atoms with Gasteiger partial charge in [-0.3, -0.25) is 4.90 Å². The van der Waals surface area contributed by atoms with E-state index in [1.165, 1.54) is 5.57 Å². The average molecular weight is 459 g/mol. The Hall–Kier alpha value is -3.17. The number of hydrogen-bond donors (Lipinski definition) is 1. The zero-order valence-corrected chi connectivity index (χ0v) is 22.0. The Morgan fingerprint density at radius 2 is 1.94 bits per heavy atom. The molecule has 0 amide bonds. The molecule has 3 rings (SSSR count). The number of aromatic nitrogens is 2. The first kappa shape index (κ1) is 25.5. The van der Waals surface area contributed by atoms with Crippen LogP contribution in [-0.4, -0.2) is 52.2 Å². The first-order chi connectivity index (χ1) is 16.0. The van der Waals surface area contributed by atoms with Crippen molar-refractivity contribution in [2.75, 3.05) is 32.0 Å². The molecule has 1 aliphatic rings. The van der Waals surface area contributed by atoms with E-state index in [9.17, 15) is 5.26 Å². The Bertz CT molecular complexity index is 1250. The van der Waals surface area contributed by atoms with Crippen molar-refractivity contribution in [3.63, 3.8) is 0 Å². The van der Waals surface area contributed by atoms with E-state index in [1.807, 2.05) is 26.0 Å². The van der Waals surface area contributed by atoms with Crippen LogP contribution < -0.4 is 15.8 Å². The first-order valence-corrected chi connectivity index (χ1v) is 11.9. The van der Waals surface area contributed by atoms with Crippen molar-refractivity contribution in [3.8, 4) is 6.07 Å². The average Bonchev–Trinajstić information content (AvgIpc) is 2.77. The van der Waals surface area contributed by atoms with Gasteiger partial charge in [0.1, 0.15) is 0 Å². The summed E-state index contributed by atoms with van der Waals surface area (Å²) in [5, 5.41) is 24.2. The van der Waals surface area contributed by atoms with Crippen molar-refractivity contribution in [3.05, 3.63) is 63.3 Å². The molecule has 1 saturated heterocycles. The minimum Gasteiger partial charge on any atom is -0.369 e. The maximum atomic E-state index is 9.44. The lowest BCUT2D eigenvalue weighted by Gasteiger charge is -2.46. The predicted octanol–water partition coefficient (Wildman–Crippen LogP) is 3.65. The topological polar surface area (TPSA) is 68.1 Å². The summed E-state index contributed by atoms with van der Waals surface area (Å²) in [5.41, 5.74) is 5.90. The zero-order chi connectivity index (χ0) is 25.2. The number of benzene rings is 1. The van der Waals surface area contributed by atoms with Crippen molar-refractivity contribution >= 4 is 17.5 Å². The number of nitrogens with one attached hydrogen (secondary N) is 1. The van der Waals surface area contributed by atoms with Gasteiger partial charge in [0.2, 0.25) is 0 Å². The van der Waals surface area contributed by atoms with Crippen LogP contribution in [0.5, 0.6) is 0 Å². The van der Waals surface area contributed by atoms with E-state index in [-0.39, 0.29) is 11.6 Å². The summed E-state index contributed by atoms with van der Waals surface area (Å²) in [7, 11) is 2.18. The van der Waals surface area contributed by atoms with Gasteiger partial charge in [-0.15, -0.1) is 5.10 Å². The smallest absolute Gasteiger partial charge is 0.157 e. The second kappa shape index (κ2) is 9.99. The lowest BCUT2D eigenvalue weighted by Crippen LogP contribution is -2.57. The molecule has 2 heterocycles. The maximum absolute atomic E-state index is 9.44. The van der Waals surface area contributed by atoms with Crippen LogP contribution in [-0.2, 0) is 0 Å². The standard InChI is InChI=1S/C28H38N6/c1-18(2)26-22(6)31-32-27(30-21(5)24-12-10-11-23(16-29)20(24)4)25(26)15-19(3)34-14-13-33(9)28(7,8)17-34/h10-12,15,21H,3,13-14,17H2,1-2,4-9H3,(H,30,32)/b25-15+/t21-/m1/s1. The molecule has 1 aliphatic heterocycles. The fourth-order valence-corrected chi connectivity index (χ4v) is 4.69. The summed E-state index contributed by atoms with van der Waals surface area (Å²) >= 11 is 0. The van der Waals surface area contributed by atoms with Gasteiger partial charge < -0.3 is 10.2 Å². The van der Waals surface area contributed by atoms with Gasteiger partial charge >= 0.3 is 0 Å². The van der Waals surface area contributed by atoms with E-state index in [4.69, 9.17) is 0 Å². The molecule has 2 aromatic rings. The summed E-state index contributed by atoms with van der Waals surface area (Å²) in [6.45, 7) is 22.1. The maximum Gasteiger partial charge on any atom is 0.157 e. The van der Waals surface area contributed by atoms with E-state index in [2.05, 4.69) is 91.8 Å². The third kappa shape index (κ3) is 5.15. The fourth-order valence-electron chi connectivity index (χ4n) is 4.69. The van der Waals surface area contributed by atoms with Crippen molar-refractivity contribution in [1.29, 1.82) is 5.26 Å². The molecule has 6 heteroatoms. The Morgan fingerprint density at radius 3 is 2.56 bits per heavy atom. The number of anilines is 1. The molecule has 1 aromatic carbocycles. The van der Waals surface area contributed by atoms with Gasteiger partial charge in [0.25, 0.3) is 0 Å². The van der Waals surface area contributed by atoms with Gasteiger partial charge in [-0.1, -0.05) is 24.3 Å². The highest BCUT2D eigenvalue weighted by molar-refractivity contribution is 5.57. The van der Waals surface area contributed by atoms with Crippen LogP contribution >= 0.6 is 0 Å². The number of allylic oxidation sites excluding steroid dienone is 1. The molecule has 6 nitrogen and oxygen atoms in total. The van der Waals surface area contributed by atoms with Gasteiger partial charge in [0.15, 0.2) is 5.82 Å². The molecule has 1 aromatic heterocycles. The van der Waals surface area contributed by atoms with Gasteiger partial charge in [-0.2, -0.15) is 10.4 Å². The summed E-state index contributed by atoms with van der Waals surface area (Å²) in [6.07, 6.45) is 2.15. The fraction of sp³-hybridized carbons (Fsp3) is 0.464. The molecule has 0 unspecified atom stereocenters. The predicted molar refractivity (Wildman–Crippen MR) is 141 cm³/mol. The zero-order valence-electron chi connectivity index (χ0n) is 22.0. The molecule has 1 atom stereocenters. The SMILES string of the molecule is C=C(/C=c1/c(N[C@H](C)c2cccc(C#N)c2C)nnc(C)c1=C(C)C)N1CCN(C)C(C)(C)C1. The summed E-state index contributed by atoms with van der Waals surface area (Å²) < 4.78 is 0. The molecule has 0 saturated carbocycles. The van der Waals surface area contributed by atoms with Crippen LogP contribution in [0.1, 0.15) is 63.0 Å². The summed E-state index contributed by atoms with van der Waals surface area (Å²) in [4.78, 5) is 4.76. The van der Waals surface area contributed by atoms with Gasteiger partial charge in [0.05, 0.1) is 23.4 Å². The summed E-state index contributed by atoms with van der Waals surface area (Å²) in [6, 6.07) is 8.08. The van der Waals surface area contributed by atoms with E-state index in [0.29, 0.717) is 5.56 Å². The van der Waals surface area contributed by atoms with Crippen LogP contribution in [0, 0.1) is 25.2 Å².